The van der Waals surface area contributed by atoms with E-state index in [0.29, 0.717) is 17.8 Å². The average molecular weight is 346 g/mol. The lowest BCUT2D eigenvalue weighted by Crippen LogP contribution is -2.42. The van der Waals surface area contributed by atoms with Crippen LogP contribution in [0.25, 0.3) is 0 Å². The van der Waals surface area contributed by atoms with Gasteiger partial charge >= 0.3 is 11.9 Å². The molecular weight excluding hydrogens is 324 g/mol. The highest BCUT2D eigenvalue weighted by atomic mass is 16.7. The van der Waals surface area contributed by atoms with Crippen molar-refractivity contribution in [3.05, 3.63) is 36.0 Å². The molecule has 1 amide bonds. The average Bonchev–Trinajstić information content (AvgIpc) is 2.51. The summed E-state index contributed by atoms with van der Waals surface area (Å²) >= 11 is 0. The Morgan fingerprint density at radius 3 is 2.44 bits per heavy atom. The standard InChI is InChI=1S/C18H22N2O5/c1-4-5-9-15(21)20-13-8-6-7-12(10-13)19-11-14-16(22)24-18(2,3)25-17(14)23/h6-8,10-11,19H,4-5,9H2,1-3H3,(H,20,21). The van der Waals surface area contributed by atoms with Crippen LogP contribution in [-0.2, 0) is 23.9 Å². The predicted molar refractivity (Wildman–Crippen MR) is 92.6 cm³/mol. The quantitative estimate of drug-likeness (QED) is 0.467. The van der Waals surface area contributed by atoms with Crippen molar-refractivity contribution in [2.45, 2.75) is 45.8 Å². The van der Waals surface area contributed by atoms with E-state index in [0.717, 1.165) is 12.8 Å². The first-order chi connectivity index (χ1) is 11.8. The van der Waals surface area contributed by atoms with Gasteiger partial charge in [-0.05, 0) is 24.6 Å². The third-order valence-electron chi connectivity index (χ3n) is 3.40. The highest BCUT2D eigenvalue weighted by Crippen LogP contribution is 2.23. The summed E-state index contributed by atoms with van der Waals surface area (Å²) in [7, 11) is 0. The van der Waals surface area contributed by atoms with Crippen molar-refractivity contribution in [1.82, 2.24) is 0 Å². The number of unbranched alkanes of at least 4 members (excludes halogenated alkanes) is 1. The van der Waals surface area contributed by atoms with Gasteiger partial charge in [0, 0.05) is 37.8 Å². The van der Waals surface area contributed by atoms with E-state index in [1.165, 1.54) is 20.0 Å². The molecule has 0 aromatic heterocycles. The van der Waals surface area contributed by atoms with E-state index in [9.17, 15) is 14.4 Å². The minimum atomic E-state index is -1.27. The summed E-state index contributed by atoms with van der Waals surface area (Å²) in [6, 6.07) is 6.94. The zero-order valence-electron chi connectivity index (χ0n) is 14.5. The molecule has 1 aromatic carbocycles. The van der Waals surface area contributed by atoms with Crippen LogP contribution in [0.4, 0.5) is 11.4 Å². The van der Waals surface area contributed by atoms with E-state index < -0.39 is 17.7 Å². The lowest BCUT2D eigenvalue weighted by atomic mass is 10.2. The van der Waals surface area contributed by atoms with Crippen LogP contribution in [-0.4, -0.2) is 23.6 Å². The van der Waals surface area contributed by atoms with Gasteiger partial charge in [-0.2, -0.15) is 0 Å². The van der Waals surface area contributed by atoms with Gasteiger partial charge in [0.2, 0.25) is 5.91 Å². The second kappa shape index (κ2) is 7.83. The second-order valence-electron chi connectivity index (χ2n) is 6.11. The first-order valence-electron chi connectivity index (χ1n) is 8.14. The molecule has 1 aliphatic heterocycles. The van der Waals surface area contributed by atoms with E-state index in [1.54, 1.807) is 24.3 Å². The fraction of sp³-hybridized carbons (Fsp3) is 0.389. The maximum absolute atomic E-state index is 11.9. The van der Waals surface area contributed by atoms with E-state index in [1.807, 2.05) is 6.92 Å². The van der Waals surface area contributed by atoms with Crippen LogP contribution in [0.3, 0.4) is 0 Å². The molecule has 0 spiro atoms. The Bertz CT molecular complexity index is 687. The molecular formula is C18H22N2O5. The van der Waals surface area contributed by atoms with Crippen LogP contribution < -0.4 is 10.6 Å². The Morgan fingerprint density at radius 2 is 1.80 bits per heavy atom. The molecule has 1 saturated heterocycles. The Labute approximate surface area is 146 Å². The third kappa shape index (κ3) is 5.34. The van der Waals surface area contributed by atoms with Crippen molar-refractivity contribution in [2.75, 3.05) is 10.6 Å². The van der Waals surface area contributed by atoms with Gasteiger partial charge in [-0.25, -0.2) is 9.59 Å². The molecule has 25 heavy (non-hydrogen) atoms. The van der Waals surface area contributed by atoms with Crippen LogP contribution in [0, 0.1) is 0 Å². The minimum Gasteiger partial charge on any atom is -0.419 e. The molecule has 2 rings (SSSR count). The summed E-state index contributed by atoms with van der Waals surface area (Å²) in [4.78, 5) is 35.5. The first-order valence-corrected chi connectivity index (χ1v) is 8.14. The number of carbonyl (C=O) groups is 3. The maximum Gasteiger partial charge on any atom is 0.350 e. The second-order valence-corrected chi connectivity index (χ2v) is 6.11. The Hall–Kier alpha value is -2.83. The lowest BCUT2D eigenvalue weighted by molar-refractivity contribution is -0.222. The molecule has 7 nitrogen and oxygen atoms in total. The maximum atomic E-state index is 11.9. The fourth-order valence-corrected chi connectivity index (χ4v) is 2.18. The number of anilines is 2. The molecule has 0 radical (unpaired) electrons. The molecule has 7 heteroatoms. The summed E-state index contributed by atoms with van der Waals surface area (Å²) in [5.41, 5.74) is 1.00. The van der Waals surface area contributed by atoms with Gasteiger partial charge in [0.05, 0.1) is 0 Å². The molecule has 1 fully saturated rings. The van der Waals surface area contributed by atoms with Crippen LogP contribution in [0.15, 0.2) is 36.0 Å². The Balaban J connectivity index is 2.03. The summed E-state index contributed by atoms with van der Waals surface area (Å²) in [5.74, 6) is -2.83. The summed E-state index contributed by atoms with van der Waals surface area (Å²) in [6.45, 7) is 4.99. The van der Waals surface area contributed by atoms with Crippen LogP contribution in [0.2, 0.25) is 0 Å². The number of hydrogen-bond donors (Lipinski definition) is 2. The minimum absolute atomic E-state index is 0.0565. The van der Waals surface area contributed by atoms with Crippen molar-refractivity contribution in [3.63, 3.8) is 0 Å². The molecule has 0 saturated carbocycles. The van der Waals surface area contributed by atoms with Crippen LogP contribution in [0.5, 0.6) is 0 Å². The van der Waals surface area contributed by atoms with Crippen LogP contribution >= 0.6 is 0 Å². The smallest absolute Gasteiger partial charge is 0.350 e. The summed E-state index contributed by atoms with van der Waals surface area (Å²) in [5, 5.41) is 5.64. The fourth-order valence-electron chi connectivity index (χ4n) is 2.18. The molecule has 1 heterocycles. The van der Waals surface area contributed by atoms with E-state index in [-0.39, 0.29) is 11.5 Å². The van der Waals surface area contributed by atoms with Crippen LogP contribution in [0.1, 0.15) is 40.0 Å². The Morgan fingerprint density at radius 1 is 1.16 bits per heavy atom. The highest BCUT2D eigenvalue weighted by Gasteiger charge is 2.38. The molecule has 0 atom stereocenters. The number of esters is 2. The van der Waals surface area contributed by atoms with Crippen molar-refractivity contribution >= 4 is 29.2 Å². The monoisotopic (exact) mass is 346 g/mol. The normalized spacial score (nSPS) is 15.9. The molecule has 1 aromatic rings. The topological polar surface area (TPSA) is 93.7 Å². The van der Waals surface area contributed by atoms with E-state index >= 15 is 0 Å². The number of nitrogens with one attached hydrogen (secondary N) is 2. The zero-order valence-corrected chi connectivity index (χ0v) is 14.5. The van der Waals surface area contributed by atoms with Gasteiger partial charge in [-0.3, -0.25) is 4.79 Å². The number of benzene rings is 1. The largest absolute Gasteiger partial charge is 0.419 e. The summed E-state index contributed by atoms with van der Waals surface area (Å²) < 4.78 is 10.0. The van der Waals surface area contributed by atoms with E-state index in [4.69, 9.17) is 9.47 Å². The molecule has 0 aliphatic carbocycles. The van der Waals surface area contributed by atoms with E-state index in [2.05, 4.69) is 10.6 Å². The van der Waals surface area contributed by atoms with Crippen molar-refractivity contribution in [3.8, 4) is 0 Å². The first kappa shape index (κ1) is 18.5. The molecule has 0 unspecified atom stereocenters. The SMILES string of the molecule is CCCCC(=O)Nc1cccc(NC=C2C(=O)OC(C)(C)OC2=O)c1. The molecule has 2 N–H and O–H groups in total. The molecule has 0 bridgehead atoms. The third-order valence-corrected chi connectivity index (χ3v) is 3.40. The summed E-state index contributed by atoms with van der Waals surface area (Å²) in [6.07, 6.45) is 3.48. The van der Waals surface area contributed by atoms with Gasteiger partial charge in [-0.1, -0.05) is 19.4 Å². The van der Waals surface area contributed by atoms with Gasteiger partial charge < -0.3 is 20.1 Å². The number of cyclic esters (lactones) is 2. The number of rotatable bonds is 6. The number of ether oxygens (including phenoxy) is 2. The van der Waals surface area contributed by atoms with Gasteiger partial charge in [-0.15, -0.1) is 0 Å². The lowest BCUT2D eigenvalue weighted by Gasteiger charge is -2.29. The number of amides is 1. The van der Waals surface area contributed by atoms with Gasteiger partial charge in [0.1, 0.15) is 0 Å². The zero-order chi connectivity index (χ0) is 18.4. The number of carbonyl (C=O) groups excluding carboxylic acids is 3. The molecule has 134 valence electrons. The predicted octanol–water partition coefficient (Wildman–Crippen LogP) is 2.95. The number of hydrogen-bond acceptors (Lipinski definition) is 6. The van der Waals surface area contributed by atoms with Crippen molar-refractivity contribution in [1.29, 1.82) is 0 Å². The Kier molecular flexibility index (Phi) is 5.80. The van der Waals surface area contributed by atoms with Gasteiger partial charge in [0.25, 0.3) is 5.79 Å². The highest BCUT2D eigenvalue weighted by molar-refractivity contribution is 6.15. The van der Waals surface area contributed by atoms with Crippen molar-refractivity contribution < 1.29 is 23.9 Å². The van der Waals surface area contributed by atoms with Crippen molar-refractivity contribution in [2.24, 2.45) is 0 Å². The van der Waals surface area contributed by atoms with Gasteiger partial charge in [0.15, 0.2) is 5.57 Å². The molecule has 1 aliphatic rings.